The summed E-state index contributed by atoms with van der Waals surface area (Å²) in [6.07, 6.45) is 4.30. The lowest BCUT2D eigenvalue weighted by molar-refractivity contribution is 0.236. The first-order valence-electron chi connectivity index (χ1n) is 5.27. The van der Waals surface area contributed by atoms with Crippen LogP contribution >= 0.6 is 0 Å². The quantitative estimate of drug-likeness (QED) is 0.667. The fraction of sp³-hybridized carbons (Fsp3) is 0.167. The Hall–Kier alpha value is -2.10. The zero-order chi connectivity index (χ0) is 10.5. The highest BCUT2D eigenvalue weighted by molar-refractivity contribution is 5.75. The standard InChI is InChI=1S/C12H9N3O/c1-2-4-9-8(3-1)5-11-15(9)10-6-13-7-14-12(10)16-11/h1-4,6-7,11H,5H2. The van der Waals surface area contributed by atoms with Crippen LogP contribution in [0, 0.1) is 0 Å². The van der Waals surface area contributed by atoms with Crippen molar-refractivity contribution >= 4 is 11.4 Å². The summed E-state index contributed by atoms with van der Waals surface area (Å²) in [4.78, 5) is 10.4. The molecular formula is C12H9N3O. The van der Waals surface area contributed by atoms with Crippen LogP contribution in [0.2, 0.25) is 0 Å². The van der Waals surface area contributed by atoms with E-state index < -0.39 is 0 Å². The van der Waals surface area contributed by atoms with E-state index in [1.807, 2.05) is 12.3 Å². The van der Waals surface area contributed by atoms with Crippen molar-refractivity contribution in [1.82, 2.24) is 9.97 Å². The summed E-state index contributed by atoms with van der Waals surface area (Å²) in [5.74, 6) is 0.689. The normalized spacial score (nSPS) is 20.0. The number of anilines is 2. The molecule has 16 heavy (non-hydrogen) atoms. The number of ether oxygens (including phenoxy) is 1. The highest BCUT2D eigenvalue weighted by atomic mass is 16.5. The Labute approximate surface area is 92.5 Å². The summed E-state index contributed by atoms with van der Waals surface area (Å²) in [6.45, 7) is 0. The summed E-state index contributed by atoms with van der Waals surface area (Å²) in [5, 5.41) is 0. The first-order chi connectivity index (χ1) is 7.93. The predicted molar refractivity (Wildman–Crippen MR) is 58.7 cm³/mol. The second-order valence-electron chi connectivity index (χ2n) is 3.99. The number of rotatable bonds is 0. The molecule has 0 aliphatic carbocycles. The minimum atomic E-state index is 0.0594. The van der Waals surface area contributed by atoms with Gasteiger partial charge in [0.05, 0.1) is 6.20 Å². The van der Waals surface area contributed by atoms with Crippen LogP contribution in [0.4, 0.5) is 11.4 Å². The molecule has 1 unspecified atom stereocenters. The van der Waals surface area contributed by atoms with Gasteiger partial charge in [-0.25, -0.2) is 4.98 Å². The molecule has 2 aliphatic heterocycles. The molecule has 0 bridgehead atoms. The van der Waals surface area contributed by atoms with E-state index in [1.165, 1.54) is 17.6 Å². The van der Waals surface area contributed by atoms with Gasteiger partial charge < -0.3 is 4.74 Å². The van der Waals surface area contributed by atoms with Crippen LogP contribution < -0.4 is 9.64 Å². The number of hydrogen-bond acceptors (Lipinski definition) is 4. The summed E-state index contributed by atoms with van der Waals surface area (Å²) in [5.41, 5.74) is 3.50. The van der Waals surface area contributed by atoms with Gasteiger partial charge in [-0.05, 0) is 11.6 Å². The van der Waals surface area contributed by atoms with Crippen molar-refractivity contribution in [2.45, 2.75) is 12.6 Å². The maximum atomic E-state index is 5.79. The van der Waals surface area contributed by atoms with Crippen LogP contribution in [0.1, 0.15) is 5.56 Å². The average molecular weight is 211 g/mol. The molecule has 0 saturated carbocycles. The number of fused-ring (bicyclic) bond motifs is 5. The molecule has 0 fully saturated rings. The number of nitrogens with zero attached hydrogens (tertiary/aromatic N) is 3. The van der Waals surface area contributed by atoms with Crippen molar-refractivity contribution < 1.29 is 4.74 Å². The topological polar surface area (TPSA) is 38.3 Å². The number of benzene rings is 1. The van der Waals surface area contributed by atoms with Gasteiger partial charge >= 0.3 is 0 Å². The first-order valence-corrected chi connectivity index (χ1v) is 5.27. The van der Waals surface area contributed by atoms with Crippen LogP contribution in [0.5, 0.6) is 5.88 Å². The molecule has 2 aliphatic rings. The van der Waals surface area contributed by atoms with Crippen LogP contribution in [0.25, 0.3) is 0 Å². The Bertz CT molecular complexity index is 520. The van der Waals surface area contributed by atoms with E-state index in [0.29, 0.717) is 5.88 Å². The van der Waals surface area contributed by atoms with Crippen molar-refractivity contribution in [3.63, 3.8) is 0 Å². The van der Waals surface area contributed by atoms with Gasteiger partial charge in [0.2, 0.25) is 5.88 Å². The highest BCUT2D eigenvalue weighted by Gasteiger charge is 2.39. The molecule has 4 heteroatoms. The Balaban J connectivity index is 1.93. The maximum absolute atomic E-state index is 5.79. The van der Waals surface area contributed by atoms with E-state index in [9.17, 15) is 0 Å². The Morgan fingerprint density at radius 3 is 3.19 bits per heavy atom. The van der Waals surface area contributed by atoms with Gasteiger partial charge in [-0.2, -0.15) is 4.98 Å². The zero-order valence-electron chi connectivity index (χ0n) is 8.50. The molecule has 1 atom stereocenters. The van der Waals surface area contributed by atoms with Crippen LogP contribution in [-0.4, -0.2) is 16.2 Å². The first kappa shape index (κ1) is 8.10. The third-order valence-electron chi connectivity index (χ3n) is 3.10. The Morgan fingerprint density at radius 1 is 1.25 bits per heavy atom. The van der Waals surface area contributed by atoms with Gasteiger partial charge in [0.15, 0.2) is 6.23 Å². The fourth-order valence-electron chi connectivity index (χ4n) is 2.43. The maximum Gasteiger partial charge on any atom is 0.243 e. The molecule has 0 amide bonds. The second-order valence-corrected chi connectivity index (χ2v) is 3.99. The largest absolute Gasteiger partial charge is 0.451 e. The lowest BCUT2D eigenvalue weighted by Gasteiger charge is -2.16. The summed E-state index contributed by atoms with van der Waals surface area (Å²) in [6, 6.07) is 8.35. The third-order valence-corrected chi connectivity index (χ3v) is 3.10. The molecule has 0 spiro atoms. The van der Waals surface area contributed by atoms with Crippen LogP contribution in [-0.2, 0) is 6.42 Å². The van der Waals surface area contributed by atoms with Gasteiger partial charge in [0.25, 0.3) is 0 Å². The van der Waals surface area contributed by atoms with Crippen molar-refractivity contribution in [2.75, 3.05) is 4.90 Å². The zero-order valence-corrected chi connectivity index (χ0v) is 8.50. The van der Waals surface area contributed by atoms with Crippen molar-refractivity contribution in [3.05, 3.63) is 42.4 Å². The predicted octanol–water partition coefficient (Wildman–Crippen LogP) is 1.89. The van der Waals surface area contributed by atoms with E-state index in [1.54, 1.807) is 0 Å². The molecule has 2 aromatic rings. The average Bonchev–Trinajstić information content (AvgIpc) is 2.83. The van der Waals surface area contributed by atoms with Gasteiger partial charge in [0.1, 0.15) is 12.0 Å². The van der Waals surface area contributed by atoms with Crippen LogP contribution in [0.3, 0.4) is 0 Å². The van der Waals surface area contributed by atoms with Gasteiger partial charge in [-0.3, -0.25) is 4.90 Å². The van der Waals surface area contributed by atoms with Crippen molar-refractivity contribution in [1.29, 1.82) is 0 Å². The van der Waals surface area contributed by atoms with E-state index >= 15 is 0 Å². The molecule has 4 nitrogen and oxygen atoms in total. The molecule has 0 radical (unpaired) electrons. The van der Waals surface area contributed by atoms with Crippen molar-refractivity contribution in [3.8, 4) is 5.88 Å². The Morgan fingerprint density at radius 2 is 2.19 bits per heavy atom. The van der Waals surface area contributed by atoms with E-state index in [4.69, 9.17) is 4.74 Å². The molecule has 1 aromatic heterocycles. The second kappa shape index (κ2) is 2.72. The minimum absolute atomic E-state index is 0.0594. The van der Waals surface area contributed by atoms with Crippen molar-refractivity contribution in [2.24, 2.45) is 0 Å². The van der Waals surface area contributed by atoms with E-state index in [0.717, 1.165) is 12.1 Å². The Kier molecular flexibility index (Phi) is 1.38. The monoisotopic (exact) mass is 211 g/mol. The highest BCUT2D eigenvalue weighted by Crippen LogP contribution is 2.46. The molecule has 4 rings (SSSR count). The summed E-state index contributed by atoms with van der Waals surface area (Å²) < 4.78 is 5.79. The SMILES string of the molecule is c1ccc2c(c1)CC1Oc3ncncc3N21. The molecule has 78 valence electrons. The molecule has 0 N–H and O–H groups in total. The summed E-state index contributed by atoms with van der Waals surface area (Å²) >= 11 is 0. The minimum Gasteiger partial charge on any atom is -0.451 e. The van der Waals surface area contributed by atoms with E-state index in [-0.39, 0.29) is 6.23 Å². The molecule has 3 heterocycles. The van der Waals surface area contributed by atoms with Gasteiger partial charge in [-0.15, -0.1) is 0 Å². The lowest BCUT2D eigenvalue weighted by Crippen LogP contribution is -2.26. The number of para-hydroxylation sites is 1. The number of aromatic nitrogens is 2. The lowest BCUT2D eigenvalue weighted by atomic mass is 10.1. The van der Waals surface area contributed by atoms with Crippen LogP contribution in [0.15, 0.2) is 36.8 Å². The summed E-state index contributed by atoms with van der Waals surface area (Å²) in [7, 11) is 0. The smallest absolute Gasteiger partial charge is 0.243 e. The van der Waals surface area contributed by atoms with Gasteiger partial charge in [0, 0.05) is 12.1 Å². The molecular weight excluding hydrogens is 202 g/mol. The van der Waals surface area contributed by atoms with E-state index in [2.05, 4.69) is 33.1 Å². The molecule has 1 aromatic carbocycles. The fourth-order valence-corrected chi connectivity index (χ4v) is 2.43. The number of hydrogen-bond donors (Lipinski definition) is 0. The third kappa shape index (κ3) is 0.888. The van der Waals surface area contributed by atoms with Gasteiger partial charge in [-0.1, -0.05) is 18.2 Å². The molecule has 0 saturated heterocycles.